The predicted molar refractivity (Wildman–Crippen MR) is 255 cm³/mol. The molecule has 1 aromatic heterocycles. The minimum Gasteiger partial charge on any atom is -0.453 e. The molecular formula is C49H56F8N10O9. The zero-order valence-electron chi connectivity index (χ0n) is 41.6. The summed E-state index contributed by atoms with van der Waals surface area (Å²) in [6, 6.07) is 4.55. The molecule has 0 saturated carbocycles. The number of alkyl carbamates (subject to hydrolysis) is 2. The minimum absolute atomic E-state index is 0.264. The first kappa shape index (κ1) is 58.1. The van der Waals surface area contributed by atoms with Crippen molar-refractivity contribution < 1.29 is 78.4 Å². The summed E-state index contributed by atoms with van der Waals surface area (Å²) in [5, 5.41) is 32.9. The van der Waals surface area contributed by atoms with Gasteiger partial charge < -0.3 is 44.9 Å². The number of aliphatic hydroxyl groups excluding tert-OH is 1. The van der Waals surface area contributed by atoms with Gasteiger partial charge in [-0.15, -0.1) is 0 Å². The number of carbonyl (C=O) groups is 4. The standard InChI is InChI=1S/C49H56F8N10O9/c1-26(58)76-42(59)30-17-35(50)34(36(51)18-30)22-66(64-44(70)41(48(52,53)54)63-46(72)74-5)23-38(68)37(61-43(69)40(62-45(71)73-4)47(2,3)49(55,56)57)16-28-9-6-27(7-10-28)8-11-29-12-15-39(60-19-29)65-20-31-13-14-32(21-65)67(31)33-24-75-25-33/h6-7,9-10,12,15,17-19,31-33,37-38,40-41,58-59,68H,13-14,16,20-25H2,1-5H3,(H,61,69)(H,62,71)(H,63,72)(H,64,70)/t31?,32?,37-,38-,40+,41+/m0/s1. The molecule has 4 amide bonds. The number of rotatable bonds is 17. The molecule has 2 unspecified atom stereocenters. The third kappa shape index (κ3) is 14.4. The maximum absolute atomic E-state index is 15.7. The Labute approximate surface area is 430 Å². The number of pyridine rings is 1. The number of hydrazine groups is 1. The molecule has 27 heteroatoms. The largest absolute Gasteiger partial charge is 0.453 e. The predicted octanol–water partition coefficient (Wildman–Crippen LogP) is 4.67. The molecule has 3 aliphatic heterocycles. The molecule has 3 aliphatic rings. The highest BCUT2D eigenvalue weighted by Gasteiger charge is 2.56. The Hall–Kier alpha value is -7.15. The normalized spacial score (nSPS) is 18.4. The van der Waals surface area contributed by atoms with Gasteiger partial charge in [-0.2, -0.15) is 26.3 Å². The summed E-state index contributed by atoms with van der Waals surface area (Å²) in [7, 11) is 1.51. The van der Waals surface area contributed by atoms with Crippen LogP contribution in [0.3, 0.4) is 0 Å². The van der Waals surface area contributed by atoms with Crippen molar-refractivity contribution >= 4 is 41.6 Å². The summed E-state index contributed by atoms with van der Waals surface area (Å²) in [4.78, 5) is 61.0. The van der Waals surface area contributed by atoms with Crippen LogP contribution in [0.2, 0.25) is 0 Å². The highest BCUT2D eigenvalue weighted by Crippen LogP contribution is 2.41. The van der Waals surface area contributed by atoms with Gasteiger partial charge in [-0.05, 0) is 75.1 Å². The van der Waals surface area contributed by atoms with Crippen molar-refractivity contribution in [2.45, 2.75) is 101 Å². The van der Waals surface area contributed by atoms with E-state index in [1.807, 2.05) is 17.4 Å². The summed E-state index contributed by atoms with van der Waals surface area (Å²) in [5.41, 5.74) is -1.50. The highest BCUT2D eigenvalue weighted by molar-refractivity contribution is 5.98. The maximum atomic E-state index is 15.7. The number of methoxy groups -OCH3 is 2. The maximum Gasteiger partial charge on any atom is 0.417 e. The van der Waals surface area contributed by atoms with Gasteiger partial charge in [-0.25, -0.2) is 28.4 Å². The number of amides is 4. The number of hydrogen-bond donors (Lipinski definition) is 7. The molecule has 0 spiro atoms. The number of fused-ring (bicyclic) bond motifs is 2. The summed E-state index contributed by atoms with van der Waals surface area (Å²) >= 11 is 0. The first-order valence-electron chi connectivity index (χ1n) is 23.5. The molecule has 6 rings (SSSR count). The van der Waals surface area contributed by atoms with Crippen molar-refractivity contribution in [3.63, 3.8) is 0 Å². The molecule has 3 fully saturated rings. The molecule has 4 heterocycles. The first-order chi connectivity index (χ1) is 35.7. The Kier molecular flexibility index (Phi) is 18.5. The molecule has 3 aromatic rings. The molecule has 2 bridgehead atoms. The van der Waals surface area contributed by atoms with Crippen molar-refractivity contribution in [2.24, 2.45) is 5.41 Å². The van der Waals surface area contributed by atoms with Crippen LogP contribution in [0, 0.1) is 39.7 Å². The van der Waals surface area contributed by atoms with Crippen LogP contribution >= 0.6 is 0 Å². The van der Waals surface area contributed by atoms with Gasteiger partial charge in [0.05, 0.1) is 51.0 Å². The van der Waals surface area contributed by atoms with Crippen LogP contribution in [0.25, 0.3) is 0 Å². The summed E-state index contributed by atoms with van der Waals surface area (Å²) in [6.07, 6.45) is -12.7. The molecule has 6 atom stereocenters. The van der Waals surface area contributed by atoms with Crippen LogP contribution < -0.4 is 26.3 Å². The van der Waals surface area contributed by atoms with E-state index in [9.17, 15) is 50.6 Å². The molecular weight excluding hydrogens is 1020 g/mol. The first-order valence-corrected chi connectivity index (χ1v) is 23.5. The van der Waals surface area contributed by atoms with Crippen molar-refractivity contribution in [1.82, 2.24) is 36.3 Å². The van der Waals surface area contributed by atoms with E-state index in [1.54, 1.807) is 11.6 Å². The van der Waals surface area contributed by atoms with Crippen molar-refractivity contribution in [2.75, 3.05) is 52.0 Å². The van der Waals surface area contributed by atoms with Gasteiger partial charge in [0, 0.05) is 73.6 Å². The number of alkyl halides is 6. The second-order valence-corrected chi connectivity index (χ2v) is 18.8. The lowest BCUT2D eigenvalue weighted by Crippen LogP contribution is -2.63. The number of hydrogen-bond acceptors (Lipinski definition) is 15. The van der Waals surface area contributed by atoms with Gasteiger partial charge in [0.25, 0.3) is 5.91 Å². The topological polar surface area (TPSA) is 244 Å². The van der Waals surface area contributed by atoms with E-state index < -0.39 is 120 Å². The van der Waals surface area contributed by atoms with Gasteiger partial charge in [0.2, 0.25) is 17.8 Å². The number of aromatic nitrogens is 1. The number of aliphatic hydroxyl groups is 1. The Morgan fingerprint density at radius 1 is 0.842 bits per heavy atom. The molecule has 76 heavy (non-hydrogen) atoms. The van der Waals surface area contributed by atoms with E-state index in [4.69, 9.17) is 20.3 Å². The van der Waals surface area contributed by atoms with Crippen LogP contribution in [0.1, 0.15) is 61.4 Å². The van der Waals surface area contributed by atoms with Gasteiger partial charge >= 0.3 is 24.5 Å². The molecule has 0 aliphatic carbocycles. The second kappa shape index (κ2) is 24.2. The van der Waals surface area contributed by atoms with Gasteiger partial charge in [-0.1, -0.05) is 24.0 Å². The second-order valence-electron chi connectivity index (χ2n) is 18.8. The number of piperazine rings is 1. The number of nitrogens with zero attached hydrogens (tertiary/aromatic N) is 4. The van der Waals surface area contributed by atoms with Crippen molar-refractivity contribution in [3.05, 3.63) is 94.2 Å². The van der Waals surface area contributed by atoms with E-state index in [0.717, 1.165) is 59.0 Å². The number of benzene rings is 2. The Morgan fingerprint density at radius 2 is 1.41 bits per heavy atom. The third-order valence-corrected chi connectivity index (χ3v) is 13.1. The van der Waals surface area contributed by atoms with Crippen LogP contribution in [0.4, 0.5) is 50.5 Å². The Balaban J connectivity index is 1.28. The third-order valence-electron chi connectivity index (χ3n) is 13.1. The van der Waals surface area contributed by atoms with E-state index in [1.165, 1.54) is 29.6 Å². The number of halogens is 8. The number of ether oxygens (including phenoxy) is 4. The summed E-state index contributed by atoms with van der Waals surface area (Å²) in [6.45, 7) is 3.10. The zero-order valence-corrected chi connectivity index (χ0v) is 41.6. The molecule has 3 saturated heterocycles. The zero-order chi connectivity index (χ0) is 55.9. The van der Waals surface area contributed by atoms with Gasteiger partial charge in [-0.3, -0.25) is 30.7 Å². The smallest absolute Gasteiger partial charge is 0.417 e. The van der Waals surface area contributed by atoms with Gasteiger partial charge in [0.15, 0.2) is 5.90 Å². The van der Waals surface area contributed by atoms with Crippen LogP contribution in [-0.2, 0) is 41.5 Å². The molecule has 19 nitrogen and oxygen atoms in total. The fourth-order valence-electron chi connectivity index (χ4n) is 8.83. The highest BCUT2D eigenvalue weighted by atomic mass is 19.4. The lowest BCUT2D eigenvalue weighted by Gasteiger charge is -2.47. The van der Waals surface area contributed by atoms with Crippen LogP contribution in [0.15, 0.2) is 54.7 Å². The lowest BCUT2D eigenvalue weighted by atomic mass is 9.82. The number of anilines is 1. The van der Waals surface area contributed by atoms with Crippen LogP contribution in [-0.4, -0.2) is 158 Å². The number of carbonyl (C=O) groups excluding carboxylic acids is 4. The Bertz CT molecular complexity index is 2640. The molecule has 0 radical (unpaired) electrons. The fraction of sp³-hybridized carbons (Fsp3) is 0.490. The fourth-order valence-corrected chi connectivity index (χ4v) is 8.83. The van der Waals surface area contributed by atoms with Crippen molar-refractivity contribution in [1.29, 1.82) is 10.8 Å². The monoisotopic (exact) mass is 1080 g/mol. The van der Waals surface area contributed by atoms with Crippen molar-refractivity contribution in [3.8, 4) is 11.8 Å². The minimum atomic E-state index is -5.53. The SMILES string of the molecule is COC(=O)N[C@H](C(=O)NN(Cc1c(F)cc(C(=N)OC(C)=N)cc1F)C[C@H](O)[C@H](Cc1ccc(C#Cc2ccc(N3CC4CCC(C3)N4C3COC3)nc2)cc1)NC(=O)[C@@H](NC(=O)OC)C(C)(C)C(F)(F)F)C(F)(F)F. The van der Waals surface area contributed by atoms with Gasteiger partial charge in [0.1, 0.15) is 23.5 Å². The molecule has 412 valence electrons. The average molecular weight is 1080 g/mol. The Morgan fingerprint density at radius 3 is 1.91 bits per heavy atom. The van der Waals surface area contributed by atoms with Crippen LogP contribution in [0.5, 0.6) is 0 Å². The van der Waals surface area contributed by atoms with E-state index in [-0.39, 0.29) is 5.56 Å². The summed E-state index contributed by atoms with van der Waals surface area (Å²) in [5.74, 6) is -1.13. The quantitative estimate of drug-likeness (QED) is 0.0320. The average Bonchev–Trinajstić information content (AvgIpc) is 3.56. The number of nitrogens with one attached hydrogen (secondary N) is 6. The lowest BCUT2D eigenvalue weighted by molar-refractivity contribution is -0.220. The van der Waals surface area contributed by atoms with E-state index in [2.05, 4.69) is 41.4 Å². The molecule has 7 N–H and O–H groups in total. The van der Waals surface area contributed by atoms with E-state index in [0.29, 0.717) is 67.4 Å². The van der Waals surface area contributed by atoms with E-state index >= 15 is 8.78 Å². The summed E-state index contributed by atoms with van der Waals surface area (Å²) < 4.78 is 136. The molecule has 2 aromatic carbocycles.